The summed E-state index contributed by atoms with van der Waals surface area (Å²) in [5.41, 5.74) is 1.72. The van der Waals surface area contributed by atoms with Crippen LogP contribution < -0.4 is 4.90 Å². The van der Waals surface area contributed by atoms with E-state index in [1.165, 1.54) is 5.56 Å². The fraction of sp³-hybridized carbons (Fsp3) is 0.500. The van der Waals surface area contributed by atoms with Crippen molar-refractivity contribution < 1.29 is 14.3 Å². The van der Waals surface area contributed by atoms with Crippen molar-refractivity contribution in [3.63, 3.8) is 0 Å². The molecule has 1 aromatic rings. The molecule has 0 aliphatic carbocycles. The van der Waals surface area contributed by atoms with E-state index < -0.39 is 5.60 Å². The number of esters is 1. The van der Waals surface area contributed by atoms with E-state index in [2.05, 4.69) is 6.07 Å². The second-order valence-electron chi connectivity index (χ2n) is 7.19. The average Bonchev–Trinajstić information content (AvgIpc) is 2.93. The first-order chi connectivity index (χ1) is 11.3. The zero-order valence-corrected chi connectivity index (χ0v) is 15.0. The molecule has 130 valence electrons. The minimum Gasteiger partial charge on any atom is -0.460 e. The Labute approximate surface area is 144 Å². The van der Waals surface area contributed by atoms with E-state index in [0.717, 1.165) is 18.5 Å². The van der Waals surface area contributed by atoms with E-state index >= 15 is 0 Å². The summed E-state index contributed by atoms with van der Waals surface area (Å²) >= 11 is 0. The molecule has 1 atom stereocenters. The van der Waals surface area contributed by atoms with Crippen molar-refractivity contribution in [1.29, 1.82) is 0 Å². The maximum absolute atomic E-state index is 12.5. The number of carbonyl (C=O) groups excluding carboxylic acids is 2. The summed E-state index contributed by atoms with van der Waals surface area (Å²) in [4.78, 5) is 26.2. The molecule has 0 aromatic heterocycles. The highest BCUT2D eigenvalue weighted by atomic mass is 16.6. The maximum Gasteiger partial charge on any atom is 0.306 e. The second kappa shape index (κ2) is 7.65. The fourth-order valence-corrected chi connectivity index (χ4v) is 2.82. The molecule has 0 N–H and O–H groups in total. The molecule has 0 saturated carbocycles. The number of allylic oxidation sites excluding steroid dienone is 1. The van der Waals surface area contributed by atoms with Gasteiger partial charge in [0.15, 0.2) is 0 Å². The molecule has 1 aromatic carbocycles. The smallest absolute Gasteiger partial charge is 0.306 e. The van der Waals surface area contributed by atoms with Crippen molar-refractivity contribution in [2.75, 3.05) is 11.4 Å². The predicted octanol–water partition coefficient (Wildman–Crippen LogP) is 3.89. The number of carbonyl (C=O) groups is 2. The van der Waals surface area contributed by atoms with Crippen LogP contribution in [0.15, 0.2) is 36.4 Å². The van der Waals surface area contributed by atoms with Crippen LogP contribution in [-0.4, -0.2) is 24.0 Å². The van der Waals surface area contributed by atoms with Crippen molar-refractivity contribution in [2.24, 2.45) is 5.92 Å². The zero-order chi connectivity index (χ0) is 17.7. The monoisotopic (exact) mass is 329 g/mol. The van der Waals surface area contributed by atoms with Crippen molar-refractivity contribution in [3.8, 4) is 0 Å². The maximum atomic E-state index is 12.5. The predicted molar refractivity (Wildman–Crippen MR) is 95.9 cm³/mol. The summed E-state index contributed by atoms with van der Waals surface area (Å²) in [6.45, 7) is 8.29. The Kier molecular flexibility index (Phi) is 5.81. The van der Waals surface area contributed by atoms with Crippen LogP contribution in [0.1, 0.15) is 46.1 Å². The average molecular weight is 329 g/mol. The molecule has 0 fully saturated rings. The number of nitrogens with zero attached hydrogens (tertiary/aromatic N) is 1. The molecule has 0 saturated heterocycles. The van der Waals surface area contributed by atoms with Gasteiger partial charge in [0.05, 0.1) is 6.42 Å². The van der Waals surface area contributed by atoms with E-state index in [0.29, 0.717) is 13.0 Å². The van der Waals surface area contributed by atoms with Crippen LogP contribution >= 0.6 is 0 Å². The number of hydrogen-bond acceptors (Lipinski definition) is 3. The van der Waals surface area contributed by atoms with Gasteiger partial charge < -0.3 is 9.64 Å². The quantitative estimate of drug-likeness (QED) is 0.608. The molecule has 1 heterocycles. The highest BCUT2D eigenvalue weighted by Gasteiger charge is 2.23. The lowest BCUT2D eigenvalue weighted by Crippen LogP contribution is -2.27. The molecule has 4 heteroatoms. The molecule has 24 heavy (non-hydrogen) atoms. The summed E-state index contributed by atoms with van der Waals surface area (Å²) in [5, 5.41) is 0. The van der Waals surface area contributed by atoms with Crippen molar-refractivity contribution in [3.05, 3.63) is 42.0 Å². The SMILES string of the molecule is CC[C@@H](/C=C/C(=O)N1CCc2ccccc21)CC(=O)OC(C)(C)C. The van der Waals surface area contributed by atoms with Gasteiger partial charge in [0.1, 0.15) is 5.60 Å². The number of fused-ring (bicyclic) bond motifs is 1. The van der Waals surface area contributed by atoms with Crippen LogP contribution in [0.4, 0.5) is 5.69 Å². The number of benzene rings is 1. The Morgan fingerprint density at radius 2 is 2.00 bits per heavy atom. The number of amides is 1. The summed E-state index contributed by atoms with van der Waals surface area (Å²) in [7, 11) is 0. The summed E-state index contributed by atoms with van der Waals surface area (Å²) in [6.07, 6.45) is 5.42. The molecule has 0 spiro atoms. The van der Waals surface area contributed by atoms with E-state index in [4.69, 9.17) is 4.74 Å². The van der Waals surface area contributed by atoms with Crippen LogP contribution in [0.3, 0.4) is 0 Å². The first-order valence-corrected chi connectivity index (χ1v) is 8.59. The molecule has 2 rings (SSSR count). The highest BCUT2D eigenvalue weighted by molar-refractivity contribution is 6.02. The Hall–Kier alpha value is -2.10. The number of ether oxygens (including phenoxy) is 1. The molecule has 0 bridgehead atoms. The van der Waals surface area contributed by atoms with Gasteiger partial charge in [0.2, 0.25) is 0 Å². The van der Waals surface area contributed by atoms with Gasteiger partial charge >= 0.3 is 5.97 Å². The third kappa shape index (κ3) is 4.95. The second-order valence-corrected chi connectivity index (χ2v) is 7.19. The van der Waals surface area contributed by atoms with E-state index in [1.54, 1.807) is 11.0 Å². The van der Waals surface area contributed by atoms with Crippen LogP contribution in [0.2, 0.25) is 0 Å². The standard InChI is InChI=1S/C20H27NO3/c1-5-15(14-19(23)24-20(2,3)4)10-11-18(22)21-13-12-16-8-6-7-9-17(16)21/h6-11,15H,5,12-14H2,1-4H3/b11-10+/t15-/m0/s1. The van der Waals surface area contributed by atoms with Crippen molar-refractivity contribution in [2.45, 2.75) is 52.6 Å². The van der Waals surface area contributed by atoms with E-state index in [1.807, 2.05) is 52.0 Å². The van der Waals surface area contributed by atoms with Gasteiger partial charge in [-0.15, -0.1) is 0 Å². The van der Waals surface area contributed by atoms with Crippen LogP contribution in [0.5, 0.6) is 0 Å². The lowest BCUT2D eigenvalue weighted by molar-refractivity contribution is -0.155. The normalized spacial score (nSPS) is 15.4. The largest absolute Gasteiger partial charge is 0.460 e. The van der Waals surface area contributed by atoms with Crippen LogP contribution in [-0.2, 0) is 20.7 Å². The number of rotatable bonds is 5. The Morgan fingerprint density at radius 1 is 1.29 bits per heavy atom. The molecule has 0 radical (unpaired) electrons. The Bertz CT molecular complexity index is 628. The first kappa shape index (κ1) is 18.2. The highest BCUT2D eigenvalue weighted by Crippen LogP contribution is 2.27. The van der Waals surface area contributed by atoms with Gasteiger partial charge in [0.25, 0.3) is 5.91 Å². The van der Waals surface area contributed by atoms with Gasteiger partial charge in [-0.3, -0.25) is 9.59 Å². The van der Waals surface area contributed by atoms with Crippen molar-refractivity contribution in [1.82, 2.24) is 0 Å². The molecular weight excluding hydrogens is 302 g/mol. The minimum absolute atomic E-state index is 0.0154. The van der Waals surface area contributed by atoms with E-state index in [-0.39, 0.29) is 17.8 Å². The van der Waals surface area contributed by atoms with E-state index in [9.17, 15) is 9.59 Å². The lowest BCUT2D eigenvalue weighted by atomic mass is 10.0. The van der Waals surface area contributed by atoms with Gasteiger partial charge in [-0.2, -0.15) is 0 Å². The first-order valence-electron chi connectivity index (χ1n) is 8.59. The molecule has 1 amide bonds. The number of anilines is 1. The number of hydrogen-bond donors (Lipinski definition) is 0. The molecule has 1 aliphatic rings. The lowest BCUT2D eigenvalue weighted by Gasteiger charge is -2.21. The summed E-state index contributed by atoms with van der Waals surface area (Å²) in [5.74, 6) is -0.234. The van der Waals surface area contributed by atoms with Crippen LogP contribution in [0, 0.1) is 5.92 Å². The minimum atomic E-state index is -0.478. The zero-order valence-electron chi connectivity index (χ0n) is 15.0. The Morgan fingerprint density at radius 3 is 2.67 bits per heavy atom. The molecule has 4 nitrogen and oxygen atoms in total. The summed E-state index contributed by atoms with van der Waals surface area (Å²) < 4.78 is 5.35. The third-order valence-corrected chi connectivity index (χ3v) is 4.04. The molecule has 0 unspecified atom stereocenters. The van der Waals surface area contributed by atoms with Gasteiger partial charge in [-0.1, -0.05) is 31.2 Å². The van der Waals surface area contributed by atoms with Crippen LogP contribution in [0.25, 0.3) is 0 Å². The topological polar surface area (TPSA) is 46.6 Å². The number of para-hydroxylation sites is 1. The Balaban J connectivity index is 1.96. The fourth-order valence-electron chi connectivity index (χ4n) is 2.82. The van der Waals surface area contributed by atoms with Crippen molar-refractivity contribution >= 4 is 17.6 Å². The molecule has 1 aliphatic heterocycles. The summed E-state index contributed by atoms with van der Waals surface area (Å²) in [6, 6.07) is 7.98. The molecular formula is C20H27NO3. The van der Waals surface area contributed by atoms with Gasteiger partial charge in [-0.25, -0.2) is 0 Å². The van der Waals surface area contributed by atoms with Gasteiger partial charge in [-0.05, 0) is 57.2 Å². The van der Waals surface area contributed by atoms with Gasteiger partial charge in [0, 0.05) is 12.2 Å². The third-order valence-electron chi connectivity index (χ3n) is 4.04.